The highest BCUT2D eigenvalue weighted by molar-refractivity contribution is 6.20. The summed E-state index contributed by atoms with van der Waals surface area (Å²) in [7, 11) is 0. The van der Waals surface area contributed by atoms with E-state index in [2.05, 4.69) is 0 Å². The number of benzene rings is 1. The molecule has 0 aromatic heterocycles. The fourth-order valence-corrected chi connectivity index (χ4v) is 2.91. The maximum absolute atomic E-state index is 13.0. The fraction of sp³-hybridized carbons (Fsp3) is 0.571. The molecule has 0 spiro atoms. The van der Waals surface area contributed by atoms with Crippen molar-refractivity contribution in [3.05, 3.63) is 35.6 Å². The van der Waals surface area contributed by atoms with Crippen molar-refractivity contribution in [2.24, 2.45) is 5.92 Å². The Morgan fingerprint density at radius 2 is 1.94 bits per heavy atom. The number of hydrogen-bond acceptors (Lipinski definition) is 0. The van der Waals surface area contributed by atoms with Crippen LogP contribution in [0.5, 0.6) is 0 Å². The van der Waals surface area contributed by atoms with Crippen LogP contribution < -0.4 is 0 Å². The summed E-state index contributed by atoms with van der Waals surface area (Å²) in [5.74, 6) is -2.70. The number of hydrogen-bond donors (Lipinski definition) is 0. The summed E-state index contributed by atoms with van der Waals surface area (Å²) in [5.41, 5.74) is 0.826. The van der Waals surface area contributed by atoms with Gasteiger partial charge in [0, 0.05) is 18.2 Å². The lowest BCUT2D eigenvalue weighted by Crippen LogP contribution is -2.29. The van der Waals surface area contributed by atoms with Crippen LogP contribution in [0.4, 0.5) is 13.2 Å². The van der Waals surface area contributed by atoms with Crippen LogP contribution in [0.3, 0.4) is 0 Å². The van der Waals surface area contributed by atoms with Gasteiger partial charge < -0.3 is 0 Å². The maximum atomic E-state index is 13.0. The molecule has 1 unspecified atom stereocenters. The second-order valence-electron chi connectivity index (χ2n) is 5.04. The molecule has 1 saturated carbocycles. The van der Waals surface area contributed by atoms with Crippen molar-refractivity contribution in [3.63, 3.8) is 0 Å². The molecule has 1 aliphatic carbocycles. The molecular weight excluding hydrogens is 261 g/mol. The van der Waals surface area contributed by atoms with Gasteiger partial charge >= 0.3 is 0 Å². The molecule has 1 aromatic carbocycles. The van der Waals surface area contributed by atoms with Gasteiger partial charge in [0.25, 0.3) is 0 Å². The molecule has 0 saturated heterocycles. The Hall–Kier alpha value is -0.700. The van der Waals surface area contributed by atoms with Gasteiger partial charge in [-0.05, 0) is 42.9 Å². The third-order valence-electron chi connectivity index (χ3n) is 3.59. The third-order valence-corrected chi connectivity index (χ3v) is 4.10. The van der Waals surface area contributed by atoms with Crippen molar-refractivity contribution in [1.29, 1.82) is 0 Å². The number of rotatable bonds is 3. The van der Waals surface area contributed by atoms with Gasteiger partial charge in [0.05, 0.1) is 0 Å². The van der Waals surface area contributed by atoms with Crippen LogP contribution >= 0.6 is 11.6 Å². The lowest BCUT2D eigenvalue weighted by atomic mass is 9.83. The normalized spacial score (nSPS) is 21.8. The van der Waals surface area contributed by atoms with Crippen molar-refractivity contribution >= 4 is 11.6 Å². The molecule has 100 valence electrons. The van der Waals surface area contributed by atoms with Crippen molar-refractivity contribution in [3.8, 4) is 0 Å². The second kappa shape index (κ2) is 5.52. The van der Waals surface area contributed by atoms with Crippen molar-refractivity contribution in [2.45, 2.75) is 43.4 Å². The first-order valence-corrected chi connectivity index (χ1v) is 6.66. The molecule has 2 rings (SSSR count). The average molecular weight is 277 g/mol. The molecule has 1 aliphatic rings. The van der Waals surface area contributed by atoms with Crippen molar-refractivity contribution < 1.29 is 13.2 Å². The van der Waals surface area contributed by atoms with E-state index in [4.69, 9.17) is 11.6 Å². The molecule has 0 radical (unpaired) electrons. The van der Waals surface area contributed by atoms with E-state index in [-0.39, 0.29) is 30.0 Å². The molecule has 4 heteroatoms. The second-order valence-corrected chi connectivity index (χ2v) is 5.60. The highest BCUT2D eigenvalue weighted by atomic mass is 35.5. The summed E-state index contributed by atoms with van der Waals surface area (Å²) < 4.78 is 39.1. The van der Waals surface area contributed by atoms with E-state index in [0.29, 0.717) is 19.3 Å². The Bertz CT molecular complexity index is 396. The van der Waals surface area contributed by atoms with E-state index >= 15 is 0 Å². The zero-order chi connectivity index (χ0) is 13.2. The minimum Gasteiger partial charge on any atom is -0.207 e. The van der Waals surface area contributed by atoms with Gasteiger partial charge in [0.2, 0.25) is 5.92 Å². The van der Waals surface area contributed by atoms with Crippen LogP contribution in [-0.4, -0.2) is 11.3 Å². The molecule has 0 N–H and O–H groups in total. The third kappa shape index (κ3) is 3.64. The van der Waals surface area contributed by atoms with Crippen LogP contribution in [0.2, 0.25) is 0 Å². The topological polar surface area (TPSA) is 0 Å². The predicted molar refractivity (Wildman–Crippen MR) is 66.7 cm³/mol. The van der Waals surface area contributed by atoms with Crippen LogP contribution in [0.25, 0.3) is 0 Å². The van der Waals surface area contributed by atoms with Crippen LogP contribution in [0.1, 0.15) is 31.2 Å². The van der Waals surface area contributed by atoms with Gasteiger partial charge in [-0.2, -0.15) is 0 Å². The SMILES string of the molecule is Fc1cccc(CC(Cl)C2CCC(F)(F)CC2)c1. The monoisotopic (exact) mass is 276 g/mol. The molecule has 1 fully saturated rings. The molecule has 0 heterocycles. The summed E-state index contributed by atoms with van der Waals surface area (Å²) in [6.45, 7) is 0. The quantitative estimate of drug-likeness (QED) is 0.696. The van der Waals surface area contributed by atoms with Crippen LogP contribution in [-0.2, 0) is 6.42 Å². The Kier molecular flexibility index (Phi) is 4.21. The van der Waals surface area contributed by atoms with E-state index in [1.165, 1.54) is 12.1 Å². The first-order valence-electron chi connectivity index (χ1n) is 6.23. The van der Waals surface area contributed by atoms with E-state index in [9.17, 15) is 13.2 Å². The minimum absolute atomic E-state index is 0.0793. The summed E-state index contributed by atoms with van der Waals surface area (Å²) in [5, 5.41) is -0.192. The molecule has 1 aromatic rings. The van der Waals surface area contributed by atoms with Gasteiger partial charge in [0.1, 0.15) is 5.82 Å². The lowest BCUT2D eigenvalue weighted by molar-refractivity contribution is -0.0459. The maximum Gasteiger partial charge on any atom is 0.248 e. The summed E-state index contributed by atoms with van der Waals surface area (Å²) in [6, 6.07) is 6.29. The van der Waals surface area contributed by atoms with E-state index in [0.717, 1.165) is 5.56 Å². The summed E-state index contributed by atoms with van der Waals surface area (Å²) in [4.78, 5) is 0. The fourth-order valence-electron chi connectivity index (χ4n) is 2.48. The molecule has 0 bridgehead atoms. The van der Waals surface area contributed by atoms with E-state index in [1.54, 1.807) is 6.07 Å². The van der Waals surface area contributed by atoms with Gasteiger partial charge in [-0.25, -0.2) is 13.2 Å². The molecular formula is C14H16ClF3. The van der Waals surface area contributed by atoms with Gasteiger partial charge in [-0.15, -0.1) is 11.6 Å². The molecule has 0 amide bonds. The number of alkyl halides is 3. The smallest absolute Gasteiger partial charge is 0.207 e. The predicted octanol–water partition coefficient (Wildman–Crippen LogP) is 4.80. The minimum atomic E-state index is -2.52. The number of halogens is 4. The largest absolute Gasteiger partial charge is 0.248 e. The van der Waals surface area contributed by atoms with Crippen molar-refractivity contribution in [2.75, 3.05) is 0 Å². The summed E-state index contributed by atoms with van der Waals surface area (Å²) in [6.07, 6.45) is 1.29. The molecule has 1 atom stereocenters. The molecule has 0 aliphatic heterocycles. The van der Waals surface area contributed by atoms with Gasteiger partial charge in [-0.1, -0.05) is 12.1 Å². The first kappa shape index (κ1) is 13.7. The average Bonchev–Trinajstić information content (AvgIpc) is 2.28. The van der Waals surface area contributed by atoms with E-state index < -0.39 is 5.92 Å². The highest BCUT2D eigenvalue weighted by Gasteiger charge is 2.37. The van der Waals surface area contributed by atoms with Crippen LogP contribution in [0.15, 0.2) is 24.3 Å². The van der Waals surface area contributed by atoms with Crippen molar-refractivity contribution in [1.82, 2.24) is 0 Å². The van der Waals surface area contributed by atoms with Gasteiger partial charge in [-0.3, -0.25) is 0 Å². The standard InChI is InChI=1S/C14H16ClF3/c15-13(9-10-2-1-3-12(16)8-10)11-4-6-14(17,18)7-5-11/h1-3,8,11,13H,4-7,9H2. The van der Waals surface area contributed by atoms with Crippen LogP contribution in [0, 0.1) is 11.7 Å². The zero-order valence-corrected chi connectivity index (χ0v) is 10.8. The first-order chi connectivity index (χ1) is 8.46. The summed E-state index contributed by atoms with van der Waals surface area (Å²) >= 11 is 6.27. The highest BCUT2D eigenvalue weighted by Crippen LogP contribution is 2.39. The van der Waals surface area contributed by atoms with E-state index in [1.807, 2.05) is 6.07 Å². The molecule has 0 nitrogen and oxygen atoms in total. The Balaban J connectivity index is 1.91. The Morgan fingerprint density at radius 1 is 1.28 bits per heavy atom. The van der Waals surface area contributed by atoms with Gasteiger partial charge in [0.15, 0.2) is 0 Å². The Morgan fingerprint density at radius 3 is 2.56 bits per heavy atom. The molecule has 18 heavy (non-hydrogen) atoms. The lowest BCUT2D eigenvalue weighted by Gasteiger charge is -2.31. The Labute approximate surface area is 110 Å². The zero-order valence-electron chi connectivity index (χ0n) is 10.0.